The highest BCUT2D eigenvalue weighted by Gasteiger charge is 2.41. The van der Waals surface area contributed by atoms with E-state index in [0.717, 1.165) is 43.8 Å². The highest BCUT2D eigenvalue weighted by atomic mass is 28.3. The molecule has 8 rings (SSSR count). The van der Waals surface area contributed by atoms with E-state index in [4.69, 9.17) is 0 Å². The van der Waals surface area contributed by atoms with Crippen molar-refractivity contribution in [1.82, 2.24) is 4.57 Å². The summed E-state index contributed by atoms with van der Waals surface area (Å²) in [6.07, 6.45) is 0. The molecule has 0 saturated carbocycles. The van der Waals surface area contributed by atoms with E-state index in [1.54, 1.807) is 0 Å². The first-order valence-electron chi connectivity index (χ1n) is 16.0. The molecule has 0 aliphatic heterocycles. The van der Waals surface area contributed by atoms with Gasteiger partial charge in [0.05, 0.1) is 40.0 Å². The Hall–Kier alpha value is -6.46. The second-order valence-corrected chi connectivity index (χ2v) is 15.7. The molecule has 0 aliphatic carbocycles. The van der Waals surface area contributed by atoms with Crippen molar-refractivity contribution < 1.29 is 0 Å². The van der Waals surface area contributed by atoms with Crippen LogP contribution in [0, 0.1) is 22.7 Å². The summed E-state index contributed by atoms with van der Waals surface area (Å²) >= 11 is 0. The molecular weight excluding hydrogens is 599 g/mol. The van der Waals surface area contributed by atoms with E-state index in [-0.39, 0.29) is 0 Å². The number of hydrogen-bond donors (Lipinski definition) is 0. The number of aromatic nitrogens is 1. The first kappa shape index (κ1) is 29.0. The van der Waals surface area contributed by atoms with E-state index >= 15 is 0 Å². The van der Waals surface area contributed by atoms with Crippen molar-refractivity contribution in [2.24, 2.45) is 0 Å². The topological polar surface area (TPSA) is 52.5 Å². The Morgan fingerprint density at radius 1 is 0.417 bits per heavy atom. The molecule has 0 aliphatic rings. The van der Waals surface area contributed by atoms with Crippen molar-refractivity contribution in [3.05, 3.63) is 187 Å². The van der Waals surface area contributed by atoms with Gasteiger partial charge in [-0.2, -0.15) is 10.5 Å². The fourth-order valence-corrected chi connectivity index (χ4v) is 12.2. The minimum atomic E-state index is -2.85. The van der Waals surface area contributed by atoms with Gasteiger partial charge in [-0.1, -0.05) is 146 Å². The van der Waals surface area contributed by atoms with Crippen LogP contribution >= 0.6 is 0 Å². The lowest BCUT2D eigenvalue weighted by Crippen LogP contribution is -2.74. The minimum Gasteiger partial charge on any atom is -0.309 e. The standard InChI is InChI=1S/C44H29N3Si/c45-30-32-15-14-26-43(47-41-24-12-10-22-39(41)40-23-11-13-25-42(40)47)44(32)38-28-27-37(29-33(38)31-46)48(34-16-4-1-5-17-34,35-18-6-2-7-19-35)36-20-8-3-9-21-36/h1-29H. The van der Waals surface area contributed by atoms with Crippen LogP contribution in [0.1, 0.15) is 11.1 Å². The summed E-state index contributed by atoms with van der Waals surface area (Å²) in [5.74, 6) is 0. The number of para-hydroxylation sites is 2. The molecular formula is C44H29N3Si. The largest absolute Gasteiger partial charge is 0.309 e. The van der Waals surface area contributed by atoms with E-state index < -0.39 is 8.07 Å². The molecule has 0 bridgehead atoms. The highest BCUT2D eigenvalue weighted by molar-refractivity contribution is 7.19. The smallest absolute Gasteiger partial charge is 0.179 e. The quantitative estimate of drug-likeness (QED) is 0.141. The van der Waals surface area contributed by atoms with Crippen LogP contribution in [0.4, 0.5) is 0 Å². The third kappa shape index (κ3) is 4.48. The lowest BCUT2D eigenvalue weighted by atomic mass is 9.94. The normalized spacial score (nSPS) is 11.3. The summed E-state index contributed by atoms with van der Waals surface area (Å²) in [4.78, 5) is 0. The van der Waals surface area contributed by atoms with Gasteiger partial charge in [-0.15, -0.1) is 0 Å². The van der Waals surface area contributed by atoms with Gasteiger partial charge in [-0.05, 0) is 51.1 Å². The predicted molar refractivity (Wildman–Crippen MR) is 199 cm³/mol. The molecule has 0 fully saturated rings. The molecule has 3 nitrogen and oxygen atoms in total. The van der Waals surface area contributed by atoms with E-state index in [0.29, 0.717) is 11.1 Å². The van der Waals surface area contributed by atoms with E-state index in [2.05, 4.69) is 168 Å². The Morgan fingerprint density at radius 2 is 0.896 bits per heavy atom. The molecule has 0 unspecified atom stereocenters. The number of nitrogens with zero attached hydrogens (tertiary/aromatic N) is 3. The number of hydrogen-bond acceptors (Lipinski definition) is 2. The van der Waals surface area contributed by atoms with E-state index in [1.807, 2.05) is 24.3 Å². The fourth-order valence-electron chi connectivity index (χ4n) is 7.44. The molecule has 4 heteroatoms. The number of rotatable bonds is 6. The number of nitriles is 2. The zero-order chi connectivity index (χ0) is 32.5. The fraction of sp³-hybridized carbons (Fsp3) is 0. The van der Waals surface area contributed by atoms with Gasteiger partial charge in [0, 0.05) is 21.9 Å². The predicted octanol–water partition coefficient (Wildman–Crippen LogP) is 7.57. The zero-order valence-corrected chi connectivity index (χ0v) is 27.1. The molecule has 0 spiro atoms. The van der Waals surface area contributed by atoms with Gasteiger partial charge < -0.3 is 4.57 Å². The molecule has 1 aromatic heterocycles. The summed E-state index contributed by atoms with van der Waals surface area (Å²) in [5.41, 5.74) is 5.53. The van der Waals surface area contributed by atoms with Gasteiger partial charge in [0.1, 0.15) is 0 Å². The third-order valence-electron chi connectivity index (χ3n) is 9.45. The first-order valence-corrected chi connectivity index (χ1v) is 18.0. The maximum Gasteiger partial charge on any atom is 0.179 e. The van der Waals surface area contributed by atoms with Crippen LogP contribution < -0.4 is 20.7 Å². The van der Waals surface area contributed by atoms with Gasteiger partial charge in [-0.25, -0.2) is 0 Å². The van der Waals surface area contributed by atoms with Crippen LogP contribution in [-0.2, 0) is 0 Å². The maximum atomic E-state index is 10.9. The van der Waals surface area contributed by atoms with Crippen molar-refractivity contribution in [2.45, 2.75) is 0 Å². The average Bonchev–Trinajstić information content (AvgIpc) is 3.50. The van der Waals surface area contributed by atoms with Crippen molar-refractivity contribution in [3.63, 3.8) is 0 Å². The van der Waals surface area contributed by atoms with Crippen LogP contribution in [0.25, 0.3) is 38.6 Å². The molecule has 0 amide bonds. The second kappa shape index (κ2) is 12.0. The SMILES string of the molecule is N#Cc1cc([Si](c2ccccc2)(c2ccccc2)c2ccccc2)ccc1-c1c(C#N)cccc1-n1c2ccccc2c2ccccc21. The maximum absolute atomic E-state index is 10.9. The second-order valence-electron chi connectivity index (χ2n) is 11.9. The molecule has 8 aromatic rings. The summed E-state index contributed by atoms with van der Waals surface area (Å²) in [6.45, 7) is 0. The number of benzene rings is 7. The van der Waals surface area contributed by atoms with Crippen molar-refractivity contribution in [3.8, 4) is 29.0 Å². The summed E-state index contributed by atoms with van der Waals surface area (Å²) in [7, 11) is -2.85. The molecule has 7 aromatic carbocycles. The Labute approximate surface area is 280 Å². The molecule has 0 N–H and O–H groups in total. The zero-order valence-electron chi connectivity index (χ0n) is 26.1. The Morgan fingerprint density at radius 3 is 1.40 bits per heavy atom. The molecule has 48 heavy (non-hydrogen) atoms. The van der Waals surface area contributed by atoms with Gasteiger partial charge in [0.25, 0.3) is 0 Å². The van der Waals surface area contributed by atoms with Crippen molar-refractivity contribution in [2.75, 3.05) is 0 Å². The lowest BCUT2D eigenvalue weighted by molar-refractivity contribution is 1.18. The Bertz CT molecular complexity index is 2370. The van der Waals surface area contributed by atoms with Gasteiger partial charge in [0.15, 0.2) is 8.07 Å². The summed E-state index contributed by atoms with van der Waals surface area (Å²) < 4.78 is 2.23. The van der Waals surface area contributed by atoms with Crippen LogP contribution in [0.5, 0.6) is 0 Å². The molecule has 224 valence electrons. The molecule has 1 heterocycles. The van der Waals surface area contributed by atoms with E-state index in [1.165, 1.54) is 15.6 Å². The molecule has 0 saturated heterocycles. The van der Waals surface area contributed by atoms with Gasteiger partial charge in [-0.3, -0.25) is 0 Å². The monoisotopic (exact) mass is 627 g/mol. The van der Waals surface area contributed by atoms with Crippen LogP contribution in [0.3, 0.4) is 0 Å². The van der Waals surface area contributed by atoms with Crippen molar-refractivity contribution >= 4 is 50.6 Å². The third-order valence-corrected chi connectivity index (χ3v) is 14.2. The Kier molecular flexibility index (Phi) is 7.27. The first-order chi connectivity index (χ1) is 23.8. The van der Waals surface area contributed by atoms with Crippen molar-refractivity contribution in [1.29, 1.82) is 10.5 Å². The Balaban J connectivity index is 1.44. The van der Waals surface area contributed by atoms with Crippen LogP contribution in [-0.4, -0.2) is 12.6 Å². The van der Waals surface area contributed by atoms with Crippen LogP contribution in [0.2, 0.25) is 0 Å². The molecule has 0 atom stereocenters. The highest BCUT2D eigenvalue weighted by Crippen LogP contribution is 2.38. The van der Waals surface area contributed by atoms with Gasteiger partial charge in [0.2, 0.25) is 0 Å². The summed E-state index contributed by atoms with van der Waals surface area (Å²) in [5, 5.41) is 28.5. The van der Waals surface area contributed by atoms with E-state index in [9.17, 15) is 10.5 Å². The minimum absolute atomic E-state index is 0.524. The van der Waals surface area contributed by atoms with Crippen LogP contribution in [0.15, 0.2) is 176 Å². The lowest BCUT2D eigenvalue weighted by Gasteiger charge is -2.34. The molecule has 0 radical (unpaired) electrons. The number of fused-ring (bicyclic) bond motifs is 3. The summed E-state index contributed by atoms with van der Waals surface area (Å²) in [6, 6.07) is 66.0. The average molecular weight is 628 g/mol. The van der Waals surface area contributed by atoms with Gasteiger partial charge >= 0.3 is 0 Å².